The van der Waals surface area contributed by atoms with Crippen molar-refractivity contribution >= 4 is 5.69 Å². The Kier molecular flexibility index (Phi) is 3.84. The van der Waals surface area contributed by atoms with E-state index < -0.39 is 5.60 Å². The van der Waals surface area contributed by atoms with Gasteiger partial charge in [0.05, 0.1) is 5.60 Å². The third kappa shape index (κ3) is 3.20. The van der Waals surface area contributed by atoms with E-state index in [-0.39, 0.29) is 0 Å². The minimum Gasteiger partial charge on any atom is -0.241 e. The zero-order chi connectivity index (χ0) is 13.4. The second kappa shape index (κ2) is 4.67. The van der Waals surface area contributed by atoms with Crippen LogP contribution in [0.25, 0.3) is 0 Å². The molecule has 0 atom stereocenters. The van der Waals surface area contributed by atoms with Crippen LogP contribution in [-0.4, -0.2) is 5.60 Å². The van der Waals surface area contributed by atoms with Crippen molar-refractivity contribution < 1.29 is 10.0 Å². The van der Waals surface area contributed by atoms with Crippen LogP contribution < -0.4 is 5.23 Å². The highest BCUT2D eigenvalue weighted by Gasteiger charge is 2.21. The van der Waals surface area contributed by atoms with Crippen LogP contribution >= 0.6 is 0 Å². The Morgan fingerprint density at radius 1 is 1.00 bits per heavy atom. The number of anilines is 1. The summed E-state index contributed by atoms with van der Waals surface area (Å²) >= 11 is 0. The summed E-state index contributed by atoms with van der Waals surface area (Å²) in [6.07, 6.45) is 0. The van der Waals surface area contributed by atoms with Gasteiger partial charge in [-0.3, -0.25) is 0 Å². The van der Waals surface area contributed by atoms with Crippen molar-refractivity contribution in [3.63, 3.8) is 0 Å². The lowest BCUT2D eigenvalue weighted by atomic mass is 9.99. The average molecular weight is 236 g/mol. The van der Waals surface area contributed by atoms with Gasteiger partial charge in [0.15, 0.2) is 0 Å². The van der Waals surface area contributed by atoms with Crippen molar-refractivity contribution in [2.75, 3.05) is 5.23 Å². The Bertz CT molecular complexity index is 393. The molecule has 1 aromatic rings. The maximum Gasteiger partial charge on any atom is 0.104 e. The molecule has 0 aliphatic rings. The molecular formula is C14H22NO2. The van der Waals surface area contributed by atoms with E-state index in [1.165, 1.54) is 0 Å². The van der Waals surface area contributed by atoms with Gasteiger partial charge in [0.2, 0.25) is 0 Å². The first kappa shape index (κ1) is 14.0. The van der Waals surface area contributed by atoms with Crippen molar-refractivity contribution in [1.82, 2.24) is 0 Å². The molecule has 0 aromatic heterocycles. The van der Waals surface area contributed by atoms with Crippen LogP contribution in [0.3, 0.4) is 0 Å². The van der Waals surface area contributed by atoms with Crippen molar-refractivity contribution in [2.45, 2.75) is 54.1 Å². The largest absolute Gasteiger partial charge is 0.241 e. The standard InChI is InChI=1S/C14H22NO2/c1-9-8-10(2)12(4)13(11(9)3)15(16)17-14(5,6)7/h8H,1-7H3. The van der Waals surface area contributed by atoms with E-state index in [4.69, 9.17) is 4.84 Å². The van der Waals surface area contributed by atoms with Gasteiger partial charge in [-0.25, -0.2) is 4.84 Å². The van der Waals surface area contributed by atoms with E-state index in [0.29, 0.717) is 10.9 Å². The molecule has 0 heterocycles. The van der Waals surface area contributed by atoms with Gasteiger partial charge in [0.25, 0.3) is 0 Å². The SMILES string of the molecule is Cc1cc(C)c(C)c(N([O])OC(C)(C)C)c1C. The zero-order valence-corrected chi connectivity index (χ0v) is 11.8. The maximum absolute atomic E-state index is 12.1. The second-order valence-corrected chi connectivity index (χ2v) is 5.57. The number of benzene rings is 1. The molecule has 0 bridgehead atoms. The molecule has 17 heavy (non-hydrogen) atoms. The van der Waals surface area contributed by atoms with E-state index in [1.54, 1.807) is 0 Å². The lowest BCUT2D eigenvalue weighted by molar-refractivity contribution is -0.148. The van der Waals surface area contributed by atoms with E-state index in [1.807, 2.05) is 48.5 Å². The van der Waals surface area contributed by atoms with Gasteiger partial charge < -0.3 is 0 Å². The van der Waals surface area contributed by atoms with E-state index in [0.717, 1.165) is 22.3 Å². The number of hydrogen-bond donors (Lipinski definition) is 0. The number of aryl methyl sites for hydroxylation is 2. The molecule has 0 N–H and O–H groups in total. The lowest BCUT2D eigenvalue weighted by Crippen LogP contribution is -2.31. The molecule has 0 spiro atoms. The van der Waals surface area contributed by atoms with E-state index in [2.05, 4.69) is 6.07 Å². The minimum absolute atomic E-state index is 0.488. The Labute approximate surface area is 104 Å². The van der Waals surface area contributed by atoms with Crippen LogP contribution in [0.1, 0.15) is 43.0 Å². The normalized spacial score (nSPS) is 11.8. The predicted octanol–water partition coefficient (Wildman–Crippen LogP) is 3.80. The van der Waals surface area contributed by atoms with Gasteiger partial charge in [-0.1, -0.05) is 16.5 Å². The highest BCUT2D eigenvalue weighted by atomic mass is 16.9. The summed E-state index contributed by atoms with van der Waals surface area (Å²) in [5.74, 6) is 0. The molecule has 0 unspecified atom stereocenters. The van der Waals surface area contributed by atoms with Crippen LogP contribution in [0.4, 0.5) is 5.69 Å². The first-order valence-corrected chi connectivity index (χ1v) is 5.87. The molecule has 1 radical (unpaired) electrons. The van der Waals surface area contributed by atoms with E-state index in [9.17, 15) is 5.21 Å². The smallest absolute Gasteiger partial charge is 0.104 e. The molecule has 0 aliphatic heterocycles. The van der Waals surface area contributed by atoms with Crippen LogP contribution in [-0.2, 0) is 10.0 Å². The second-order valence-electron chi connectivity index (χ2n) is 5.57. The fraction of sp³-hybridized carbons (Fsp3) is 0.571. The maximum atomic E-state index is 12.1. The summed E-state index contributed by atoms with van der Waals surface area (Å²) in [4.78, 5) is 5.37. The van der Waals surface area contributed by atoms with Crippen molar-refractivity contribution in [2.24, 2.45) is 0 Å². The average Bonchev–Trinajstić information content (AvgIpc) is 2.12. The van der Waals surface area contributed by atoms with E-state index >= 15 is 0 Å². The molecule has 0 saturated heterocycles. The molecule has 0 amide bonds. The third-order valence-corrected chi connectivity index (χ3v) is 2.87. The molecule has 1 aromatic carbocycles. The van der Waals surface area contributed by atoms with Crippen LogP contribution in [0.15, 0.2) is 6.07 Å². The monoisotopic (exact) mass is 236 g/mol. The molecular weight excluding hydrogens is 214 g/mol. The molecule has 1 rings (SSSR count). The van der Waals surface area contributed by atoms with Gasteiger partial charge in [0, 0.05) is 0 Å². The first-order valence-electron chi connectivity index (χ1n) is 5.87. The summed E-state index contributed by atoms with van der Waals surface area (Å²) < 4.78 is 0. The van der Waals surface area contributed by atoms with Gasteiger partial charge >= 0.3 is 0 Å². The van der Waals surface area contributed by atoms with Crippen LogP contribution in [0, 0.1) is 27.7 Å². The van der Waals surface area contributed by atoms with Gasteiger partial charge in [-0.15, -0.1) is 0 Å². The molecule has 0 saturated carbocycles. The zero-order valence-electron chi connectivity index (χ0n) is 11.8. The first-order chi connectivity index (χ1) is 7.63. The highest BCUT2D eigenvalue weighted by Crippen LogP contribution is 2.30. The number of nitrogens with zero attached hydrogens (tertiary/aromatic N) is 1. The van der Waals surface area contributed by atoms with Gasteiger partial charge in [0.1, 0.15) is 5.69 Å². The summed E-state index contributed by atoms with van der Waals surface area (Å²) in [7, 11) is 0. The molecule has 3 nitrogen and oxygen atoms in total. The number of hydrogen-bond acceptors (Lipinski definition) is 2. The van der Waals surface area contributed by atoms with Crippen LogP contribution in [0.2, 0.25) is 0 Å². The highest BCUT2D eigenvalue weighted by molar-refractivity contribution is 5.61. The fourth-order valence-electron chi connectivity index (χ4n) is 1.76. The number of rotatable bonds is 2. The van der Waals surface area contributed by atoms with Gasteiger partial charge in [-0.2, -0.15) is 0 Å². The van der Waals surface area contributed by atoms with Crippen molar-refractivity contribution in [3.05, 3.63) is 28.3 Å². The summed E-state index contributed by atoms with van der Waals surface area (Å²) in [6.45, 7) is 13.5. The molecule has 3 heteroatoms. The Morgan fingerprint density at radius 2 is 1.41 bits per heavy atom. The molecule has 95 valence electrons. The summed E-state index contributed by atoms with van der Waals surface area (Å²) in [5.41, 5.74) is 4.33. The third-order valence-electron chi connectivity index (χ3n) is 2.87. The van der Waals surface area contributed by atoms with Gasteiger partial charge in [-0.05, 0) is 70.7 Å². The quantitative estimate of drug-likeness (QED) is 0.731. The Balaban J connectivity index is 3.21. The van der Waals surface area contributed by atoms with Crippen molar-refractivity contribution in [3.8, 4) is 0 Å². The lowest BCUT2D eigenvalue weighted by Gasteiger charge is -2.27. The fourth-order valence-corrected chi connectivity index (χ4v) is 1.76. The van der Waals surface area contributed by atoms with Crippen LogP contribution in [0.5, 0.6) is 0 Å². The topological polar surface area (TPSA) is 32.4 Å². The molecule has 0 aliphatic carbocycles. The Hall–Kier alpha value is -1.06. The Morgan fingerprint density at radius 3 is 1.76 bits per heavy atom. The summed E-state index contributed by atoms with van der Waals surface area (Å²) in [5, 5.41) is 12.8. The summed E-state index contributed by atoms with van der Waals surface area (Å²) in [6, 6.07) is 2.10. The predicted molar refractivity (Wildman–Crippen MR) is 69.4 cm³/mol. The minimum atomic E-state index is -0.488. The molecule has 0 fully saturated rings. The van der Waals surface area contributed by atoms with Crippen molar-refractivity contribution in [1.29, 1.82) is 0 Å².